The summed E-state index contributed by atoms with van der Waals surface area (Å²) < 4.78 is 0. The maximum Gasteiger partial charge on any atom is 0.329 e. The predicted molar refractivity (Wildman–Crippen MR) is 78.0 cm³/mol. The number of rotatable bonds is 5. The van der Waals surface area contributed by atoms with Gasteiger partial charge >= 0.3 is 12.0 Å². The lowest BCUT2D eigenvalue weighted by Gasteiger charge is -2.33. The molecule has 1 aromatic heterocycles. The molecule has 0 saturated carbocycles. The van der Waals surface area contributed by atoms with E-state index >= 15 is 0 Å². The van der Waals surface area contributed by atoms with Gasteiger partial charge in [-0.1, -0.05) is 13.0 Å². The van der Waals surface area contributed by atoms with Crippen LogP contribution in [0.1, 0.15) is 31.1 Å². The average molecular weight is 296 g/mol. The van der Waals surface area contributed by atoms with Crippen LogP contribution in [0.15, 0.2) is 17.5 Å². The van der Waals surface area contributed by atoms with Gasteiger partial charge in [-0.15, -0.1) is 11.3 Å². The SMILES string of the molecule is CCC1(C(=O)O)CCCN1C(=O)NCCc1cccs1. The second-order valence-electron chi connectivity index (χ2n) is 5.01. The van der Waals surface area contributed by atoms with Crippen LogP contribution < -0.4 is 5.32 Å². The molecule has 2 N–H and O–H groups in total. The van der Waals surface area contributed by atoms with E-state index in [-0.39, 0.29) is 6.03 Å². The first kappa shape index (κ1) is 14.8. The standard InChI is InChI=1S/C14H20N2O3S/c1-2-14(12(17)18)7-4-9-16(14)13(19)15-8-6-11-5-3-10-20-11/h3,5,10H,2,4,6-9H2,1H3,(H,15,19)(H,17,18). The number of nitrogens with zero attached hydrogens (tertiary/aromatic N) is 1. The van der Waals surface area contributed by atoms with Gasteiger partial charge in [-0.2, -0.15) is 0 Å². The molecule has 2 heterocycles. The molecule has 110 valence electrons. The number of carboxylic acids is 1. The summed E-state index contributed by atoms with van der Waals surface area (Å²) in [6.45, 7) is 2.88. The number of carbonyl (C=O) groups excluding carboxylic acids is 1. The summed E-state index contributed by atoms with van der Waals surface area (Å²) in [5.74, 6) is -0.897. The molecule has 1 atom stereocenters. The van der Waals surface area contributed by atoms with Crippen molar-refractivity contribution in [1.29, 1.82) is 0 Å². The van der Waals surface area contributed by atoms with E-state index in [1.807, 2.05) is 24.4 Å². The highest BCUT2D eigenvalue weighted by Gasteiger charge is 2.48. The highest BCUT2D eigenvalue weighted by Crippen LogP contribution is 2.32. The molecular formula is C14H20N2O3S. The van der Waals surface area contributed by atoms with Crippen molar-refractivity contribution in [2.24, 2.45) is 0 Å². The second-order valence-corrected chi connectivity index (χ2v) is 6.04. The summed E-state index contributed by atoms with van der Waals surface area (Å²) in [6, 6.07) is 3.75. The zero-order chi connectivity index (χ0) is 14.6. The quantitative estimate of drug-likeness (QED) is 0.876. The number of hydrogen-bond donors (Lipinski definition) is 2. The van der Waals surface area contributed by atoms with E-state index in [1.54, 1.807) is 11.3 Å². The molecule has 0 aliphatic carbocycles. The molecule has 1 aliphatic rings. The van der Waals surface area contributed by atoms with Crippen molar-refractivity contribution in [2.45, 2.75) is 38.1 Å². The smallest absolute Gasteiger partial charge is 0.329 e. The molecule has 20 heavy (non-hydrogen) atoms. The van der Waals surface area contributed by atoms with E-state index in [0.717, 1.165) is 12.8 Å². The summed E-state index contributed by atoms with van der Waals surface area (Å²) in [4.78, 5) is 26.4. The zero-order valence-electron chi connectivity index (χ0n) is 11.6. The molecule has 1 aliphatic heterocycles. The third-order valence-corrected chi connectivity index (χ3v) is 4.88. The Bertz CT molecular complexity index is 475. The molecule has 0 aromatic carbocycles. The minimum atomic E-state index is -1.02. The molecule has 1 fully saturated rings. The fourth-order valence-corrected chi connectivity index (χ4v) is 3.47. The van der Waals surface area contributed by atoms with Crippen LogP contribution in [0.2, 0.25) is 0 Å². The second kappa shape index (κ2) is 6.26. The summed E-state index contributed by atoms with van der Waals surface area (Å²) in [5.41, 5.74) is -1.02. The Labute approximate surface area is 122 Å². The summed E-state index contributed by atoms with van der Waals surface area (Å²) in [6.07, 6.45) is 2.51. The number of carboxylic acid groups (broad SMARTS) is 1. The van der Waals surface area contributed by atoms with Crippen LogP contribution in [0, 0.1) is 0 Å². The van der Waals surface area contributed by atoms with Gasteiger partial charge in [-0.3, -0.25) is 0 Å². The first-order valence-corrected chi connectivity index (χ1v) is 7.79. The van der Waals surface area contributed by atoms with Crippen LogP contribution in [0.25, 0.3) is 0 Å². The fourth-order valence-electron chi connectivity index (χ4n) is 2.76. The Kier molecular flexibility index (Phi) is 4.65. The molecule has 0 bridgehead atoms. The molecule has 1 aromatic rings. The lowest BCUT2D eigenvalue weighted by atomic mass is 9.93. The van der Waals surface area contributed by atoms with Crippen molar-refractivity contribution in [3.05, 3.63) is 22.4 Å². The van der Waals surface area contributed by atoms with Gasteiger partial charge in [0.2, 0.25) is 0 Å². The number of likely N-dealkylation sites (tertiary alicyclic amines) is 1. The third kappa shape index (κ3) is 2.80. The number of nitrogens with one attached hydrogen (secondary N) is 1. The van der Waals surface area contributed by atoms with Gasteiger partial charge in [0, 0.05) is 18.0 Å². The largest absolute Gasteiger partial charge is 0.479 e. The Morgan fingerprint density at radius 3 is 2.95 bits per heavy atom. The van der Waals surface area contributed by atoms with E-state index in [9.17, 15) is 14.7 Å². The monoisotopic (exact) mass is 296 g/mol. The number of thiophene rings is 1. The fraction of sp³-hybridized carbons (Fsp3) is 0.571. The third-order valence-electron chi connectivity index (χ3n) is 3.94. The summed E-state index contributed by atoms with van der Waals surface area (Å²) >= 11 is 1.66. The van der Waals surface area contributed by atoms with E-state index in [2.05, 4.69) is 5.32 Å². The van der Waals surface area contributed by atoms with Gasteiger partial charge in [0.25, 0.3) is 0 Å². The highest BCUT2D eigenvalue weighted by atomic mass is 32.1. The topological polar surface area (TPSA) is 69.6 Å². The maximum atomic E-state index is 12.2. The summed E-state index contributed by atoms with van der Waals surface area (Å²) in [7, 11) is 0. The predicted octanol–water partition coefficient (Wildman–Crippen LogP) is 2.33. The molecule has 0 radical (unpaired) electrons. The van der Waals surface area contributed by atoms with Crippen molar-refractivity contribution in [1.82, 2.24) is 10.2 Å². The molecule has 5 nitrogen and oxygen atoms in total. The van der Waals surface area contributed by atoms with Crippen LogP contribution in [-0.4, -0.2) is 40.6 Å². The molecule has 2 rings (SSSR count). The van der Waals surface area contributed by atoms with Crippen molar-refractivity contribution in [2.75, 3.05) is 13.1 Å². The van der Waals surface area contributed by atoms with Crippen LogP contribution in [0.5, 0.6) is 0 Å². The van der Waals surface area contributed by atoms with Crippen LogP contribution in [0.3, 0.4) is 0 Å². The minimum Gasteiger partial charge on any atom is -0.479 e. The molecular weight excluding hydrogens is 276 g/mol. The lowest BCUT2D eigenvalue weighted by Crippen LogP contribution is -2.55. The van der Waals surface area contributed by atoms with Crippen molar-refractivity contribution >= 4 is 23.3 Å². The van der Waals surface area contributed by atoms with E-state index in [1.165, 1.54) is 9.78 Å². The number of urea groups is 1. The normalized spacial score (nSPS) is 21.9. The van der Waals surface area contributed by atoms with Gasteiger partial charge in [0.15, 0.2) is 0 Å². The Balaban J connectivity index is 1.92. The highest BCUT2D eigenvalue weighted by molar-refractivity contribution is 7.09. The van der Waals surface area contributed by atoms with Crippen LogP contribution >= 0.6 is 11.3 Å². The molecule has 0 spiro atoms. The van der Waals surface area contributed by atoms with Gasteiger partial charge in [-0.05, 0) is 37.1 Å². The number of carbonyl (C=O) groups is 2. The summed E-state index contributed by atoms with van der Waals surface area (Å²) in [5, 5.41) is 14.3. The average Bonchev–Trinajstić information content (AvgIpc) is 3.07. The number of hydrogen-bond acceptors (Lipinski definition) is 3. The van der Waals surface area contributed by atoms with Gasteiger partial charge in [0.05, 0.1) is 0 Å². The van der Waals surface area contributed by atoms with E-state index in [4.69, 9.17) is 0 Å². The zero-order valence-corrected chi connectivity index (χ0v) is 12.4. The molecule has 6 heteroatoms. The van der Waals surface area contributed by atoms with E-state index < -0.39 is 11.5 Å². The maximum absolute atomic E-state index is 12.2. The molecule has 2 amide bonds. The van der Waals surface area contributed by atoms with Crippen LogP contribution in [0.4, 0.5) is 4.79 Å². The number of amides is 2. The van der Waals surface area contributed by atoms with Crippen molar-refractivity contribution in [3.8, 4) is 0 Å². The Morgan fingerprint density at radius 2 is 2.35 bits per heavy atom. The lowest BCUT2D eigenvalue weighted by molar-refractivity contribution is -0.148. The van der Waals surface area contributed by atoms with Gasteiger partial charge in [-0.25, -0.2) is 9.59 Å². The first-order chi connectivity index (χ1) is 9.60. The Morgan fingerprint density at radius 1 is 1.55 bits per heavy atom. The minimum absolute atomic E-state index is 0.261. The Hall–Kier alpha value is -1.56. The van der Waals surface area contributed by atoms with Crippen LogP contribution in [-0.2, 0) is 11.2 Å². The van der Waals surface area contributed by atoms with Crippen molar-refractivity contribution in [3.63, 3.8) is 0 Å². The first-order valence-electron chi connectivity index (χ1n) is 6.91. The molecule has 1 unspecified atom stereocenters. The number of aliphatic carboxylic acids is 1. The molecule has 1 saturated heterocycles. The van der Waals surface area contributed by atoms with E-state index in [0.29, 0.717) is 25.9 Å². The van der Waals surface area contributed by atoms with Gasteiger partial charge in [0.1, 0.15) is 5.54 Å². The van der Waals surface area contributed by atoms with Gasteiger partial charge < -0.3 is 15.3 Å². The van der Waals surface area contributed by atoms with Crippen molar-refractivity contribution < 1.29 is 14.7 Å².